The molecule has 1 aromatic rings. The van der Waals surface area contributed by atoms with Gasteiger partial charge in [-0.2, -0.15) is 0 Å². The number of rotatable bonds is 5. The summed E-state index contributed by atoms with van der Waals surface area (Å²) in [6.45, 7) is 0.979. The molecule has 0 heterocycles. The zero-order valence-electron chi connectivity index (χ0n) is 9.14. The van der Waals surface area contributed by atoms with E-state index >= 15 is 0 Å². The predicted molar refractivity (Wildman–Crippen MR) is 61.8 cm³/mol. The first-order chi connectivity index (χ1) is 7.80. The third-order valence-corrected chi connectivity index (χ3v) is 2.44. The lowest BCUT2D eigenvalue weighted by molar-refractivity contribution is -0.136. The van der Waals surface area contributed by atoms with E-state index in [1.165, 1.54) is 18.2 Å². The molecule has 6 heteroatoms. The van der Waals surface area contributed by atoms with Crippen LogP contribution >= 0.6 is 11.6 Å². The molecule has 0 radical (unpaired) electrons. The van der Waals surface area contributed by atoms with Gasteiger partial charge in [-0.05, 0) is 12.1 Å². The Kier molecular flexibility index (Phi) is 4.28. The van der Waals surface area contributed by atoms with Crippen LogP contribution in [0.1, 0.15) is 18.9 Å². The lowest BCUT2D eigenvalue weighted by Crippen LogP contribution is -2.10. The maximum Gasteiger partial charge on any atom is 0.305 e. The van der Waals surface area contributed by atoms with Gasteiger partial charge in [0.05, 0.1) is 17.1 Å². The Bertz CT molecular complexity index is 418. The summed E-state index contributed by atoms with van der Waals surface area (Å²) in [7, 11) is 0. The van der Waals surface area contributed by atoms with Gasteiger partial charge in [0.1, 0.15) is 0 Å². The number of hydrogen-bond donors (Lipinski definition) is 2. The maximum atomic E-state index is 13.0. The van der Waals surface area contributed by atoms with Crippen LogP contribution in [-0.2, 0) is 10.7 Å². The Morgan fingerprint density at radius 1 is 1.53 bits per heavy atom. The average molecular weight is 264 g/mol. The first-order valence-corrected chi connectivity index (χ1v) is 5.32. The van der Waals surface area contributed by atoms with E-state index in [4.69, 9.17) is 16.7 Å². The van der Waals surface area contributed by atoms with Crippen molar-refractivity contribution in [1.82, 2.24) is 0 Å². The molecule has 0 unspecified atom stereocenters. The Balaban J connectivity index is 2.73. The molecule has 0 saturated heterocycles. The maximum absolute atomic E-state index is 13.0. The first kappa shape index (κ1) is 13.7. The van der Waals surface area contributed by atoms with Crippen LogP contribution in [0.25, 0.3) is 0 Å². The van der Waals surface area contributed by atoms with Gasteiger partial charge in [-0.1, -0.05) is 17.7 Å². The van der Waals surface area contributed by atoms with Crippen LogP contribution in [0.4, 0.5) is 14.5 Å². The van der Waals surface area contributed by atoms with Crippen LogP contribution in [0.5, 0.6) is 0 Å². The fraction of sp³-hybridized carbons (Fsp3) is 0.364. The normalized spacial score (nSPS) is 11.3. The molecule has 0 aliphatic heterocycles. The smallest absolute Gasteiger partial charge is 0.305 e. The summed E-state index contributed by atoms with van der Waals surface area (Å²) in [5.74, 6) is -3.88. The van der Waals surface area contributed by atoms with Gasteiger partial charge in [-0.25, -0.2) is 8.78 Å². The van der Waals surface area contributed by atoms with E-state index in [9.17, 15) is 13.6 Å². The first-order valence-electron chi connectivity index (χ1n) is 4.94. The third-order valence-electron chi connectivity index (χ3n) is 2.13. The molecule has 0 aliphatic rings. The van der Waals surface area contributed by atoms with Crippen LogP contribution < -0.4 is 5.32 Å². The van der Waals surface area contributed by atoms with Crippen molar-refractivity contribution in [2.24, 2.45) is 0 Å². The summed E-state index contributed by atoms with van der Waals surface area (Å²) in [6.07, 6.45) is -0.0674. The van der Waals surface area contributed by atoms with Crippen LogP contribution in [-0.4, -0.2) is 17.6 Å². The van der Waals surface area contributed by atoms with E-state index in [0.717, 1.165) is 6.92 Å². The Labute approximate surface area is 102 Å². The molecule has 17 heavy (non-hydrogen) atoms. The lowest BCUT2D eigenvalue weighted by atomic mass is 10.1. The molecule has 0 aromatic heterocycles. The Morgan fingerprint density at radius 3 is 2.65 bits per heavy atom. The molecule has 3 nitrogen and oxygen atoms in total. The fourth-order valence-electron chi connectivity index (χ4n) is 1.24. The summed E-state index contributed by atoms with van der Waals surface area (Å²) in [5, 5.41) is 11.4. The van der Waals surface area contributed by atoms with Gasteiger partial charge in [-0.15, -0.1) is 0 Å². The number of hydrogen-bond acceptors (Lipinski definition) is 2. The molecular formula is C11H12ClF2NO2. The molecule has 0 atom stereocenters. The van der Waals surface area contributed by atoms with Gasteiger partial charge < -0.3 is 10.4 Å². The van der Waals surface area contributed by atoms with Crippen molar-refractivity contribution in [2.45, 2.75) is 19.3 Å². The van der Waals surface area contributed by atoms with Crippen molar-refractivity contribution in [3.8, 4) is 0 Å². The zero-order chi connectivity index (χ0) is 13.1. The number of carboxylic acids is 1. The van der Waals surface area contributed by atoms with Crippen LogP contribution in [0.2, 0.25) is 5.02 Å². The Morgan fingerprint density at radius 2 is 2.18 bits per heavy atom. The molecule has 0 bridgehead atoms. The quantitative estimate of drug-likeness (QED) is 0.857. The second-order valence-electron chi connectivity index (χ2n) is 3.65. The molecule has 1 aromatic carbocycles. The highest BCUT2D eigenvalue weighted by Crippen LogP contribution is 2.32. The zero-order valence-corrected chi connectivity index (χ0v) is 9.89. The molecule has 94 valence electrons. The highest BCUT2D eigenvalue weighted by Gasteiger charge is 2.24. The molecule has 0 spiro atoms. The van der Waals surface area contributed by atoms with Crippen molar-refractivity contribution in [2.75, 3.05) is 11.9 Å². The summed E-state index contributed by atoms with van der Waals surface area (Å²) < 4.78 is 25.9. The van der Waals surface area contributed by atoms with Gasteiger partial charge in [0, 0.05) is 19.0 Å². The van der Waals surface area contributed by atoms with Crippen LogP contribution in [0, 0.1) is 0 Å². The molecular weight excluding hydrogens is 252 g/mol. The number of nitrogens with one attached hydrogen (secondary N) is 1. The van der Waals surface area contributed by atoms with Gasteiger partial charge in [0.2, 0.25) is 0 Å². The van der Waals surface area contributed by atoms with E-state index < -0.39 is 11.9 Å². The summed E-state index contributed by atoms with van der Waals surface area (Å²) >= 11 is 5.81. The van der Waals surface area contributed by atoms with Crippen LogP contribution in [0.15, 0.2) is 18.2 Å². The summed E-state index contributed by atoms with van der Waals surface area (Å²) in [6, 6.07) is 3.84. The van der Waals surface area contributed by atoms with E-state index in [2.05, 4.69) is 5.32 Å². The van der Waals surface area contributed by atoms with Gasteiger partial charge in [0.15, 0.2) is 0 Å². The van der Waals surface area contributed by atoms with Gasteiger partial charge in [-0.3, -0.25) is 4.79 Å². The van der Waals surface area contributed by atoms with E-state index in [0.29, 0.717) is 5.69 Å². The standard InChI is InChI=1S/C11H12ClF2NO2/c1-11(13,14)7-2-3-9(8(12)6-7)15-5-4-10(16)17/h2-3,6,15H,4-5H2,1H3,(H,16,17). The number of benzene rings is 1. The van der Waals surface area contributed by atoms with Crippen molar-refractivity contribution >= 4 is 23.3 Å². The minimum absolute atomic E-state index is 0.0674. The minimum atomic E-state index is -2.94. The summed E-state index contributed by atoms with van der Waals surface area (Å²) in [5.41, 5.74) is 0.271. The van der Waals surface area contributed by atoms with E-state index in [1.54, 1.807) is 0 Å². The van der Waals surface area contributed by atoms with Crippen molar-refractivity contribution < 1.29 is 18.7 Å². The third kappa shape index (κ3) is 4.19. The van der Waals surface area contributed by atoms with Crippen LogP contribution in [0.3, 0.4) is 0 Å². The molecule has 0 saturated carbocycles. The van der Waals surface area contributed by atoms with Crippen molar-refractivity contribution in [3.63, 3.8) is 0 Å². The van der Waals surface area contributed by atoms with E-state index in [-0.39, 0.29) is 23.6 Å². The molecule has 0 amide bonds. The van der Waals surface area contributed by atoms with E-state index in [1.807, 2.05) is 0 Å². The monoisotopic (exact) mass is 263 g/mol. The number of anilines is 1. The number of carbonyl (C=O) groups is 1. The van der Waals surface area contributed by atoms with Crippen molar-refractivity contribution in [3.05, 3.63) is 28.8 Å². The highest BCUT2D eigenvalue weighted by atomic mass is 35.5. The summed E-state index contributed by atoms with van der Waals surface area (Å²) in [4.78, 5) is 10.3. The average Bonchev–Trinajstić information content (AvgIpc) is 2.18. The minimum Gasteiger partial charge on any atom is -0.481 e. The Hall–Kier alpha value is -1.36. The molecule has 2 N–H and O–H groups in total. The highest BCUT2D eigenvalue weighted by molar-refractivity contribution is 6.33. The molecule has 0 fully saturated rings. The number of carboxylic acid groups (broad SMARTS) is 1. The second kappa shape index (κ2) is 5.31. The number of aliphatic carboxylic acids is 1. The fourth-order valence-corrected chi connectivity index (χ4v) is 1.48. The predicted octanol–water partition coefficient (Wildman–Crippen LogP) is 3.34. The second-order valence-corrected chi connectivity index (χ2v) is 4.06. The SMILES string of the molecule is CC(F)(F)c1ccc(NCCC(=O)O)c(Cl)c1. The lowest BCUT2D eigenvalue weighted by Gasteiger charge is -2.13. The van der Waals surface area contributed by atoms with Gasteiger partial charge in [0.25, 0.3) is 5.92 Å². The van der Waals surface area contributed by atoms with Gasteiger partial charge >= 0.3 is 5.97 Å². The number of halogens is 3. The van der Waals surface area contributed by atoms with Crippen molar-refractivity contribution in [1.29, 1.82) is 0 Å². The molecule has 1 rings (SSSR count). The molecule has 0 aliphatic carbocycles. The number of alkyl halides is 2. The largest absolute Gasteiger partial charge is 0.481 e. The topological polar surface area (TPSA) is 49.3 Å².